The summed E-state index contributed by atoms with van der Waals surface area (Å²) in [5.74, 6) is 0.461. The van der Waals surface area contributed by atoms with Crippen LogP contribution in [0.1, 0.15) is 58.3 Å². The molecule has 0 saturated heterocycles. The first-order valence-corrected chi connectivity index (χ1v) is 9.69. The number of aliphatic hydroxyl groups is 2. The summed E-state index contributed by atoms with van der Waals surface area (Å²) in [6.07, 6.45) is 10.8. The Bertz CT molecular complexity index is 482. The number of Topliss-reactive ketones (excluding diaryl/α,β-unsaturated/α-hetero) is 1. The van der Waals surface area contributed by atoms with E-state index < -0.39 is 17.8 Å². The molecule has 24 heavy (non-hydrogen) atoms. The fourth-order valence-electron chi connectivity index (χ4n) is 5.43. The highest BCUT2D eigenvalue weighted by molar-refractivity contribution is 5.97. The minimum absolute atomic E-state index is 0.0265. The molecule has 4 heteroatoms. The van der Waals surface area contributed by atoms with Gasteiger partial charge in [0.2, 0.25) is 0 Å². The molecule has 0 amide bonds. The first-order valence-electron chi connectivity index (χ1n) is 9.69. The molecule has 6 atom stereocenters. The van der Waals surface area contributed by atoms with E-state index in [1.165, 1.54) is 19.3 Å². The van der Waals surface area contributed by atoms with Crippen LogP contribution in [0.15, 0.2) is 12.2 Å². The molecule has 3 aliphatic rings. The van der Waals surface area contributed by atoms with E-state index in [-0.39, 0.29) is 23.5 Å². The van der Waals surface area contributed by atoms with Gasteiger partial charge in [-0.05, 0) is 38.0 Å². The highest BCUT2D eigenvalue weighted by Crippen LogP contribution is 2.55. The third kappa shape index (κ3) is 2.87. The van der Waals surface area contributed by atoms with Crippen LogP contribution in [0.5, 0.6) is 0 Å². The van der Waals surface area contributed by atoms with E-state index in [1.807, 2.05) is 19.1 Å². The van der Waals surface area contributed by atoms with Gasteiger partial charge in [0.1, 0.15) is 5.60 Å². The Balaban J connectivity index is 1.74. The maximum Gasteiger partial charge on any atom is 0.168 e. The molecule has 3 saturated carbocycles. The topological polar surface area (TPSA) is 66.8 Å². The molecular formula is C20H32O4. The van der Waals surface area contributed by atoms with Crippen LogP contribution in [0.4, 0.5) is 0 Å². The first-order chi connectivity index (χ1) is 11.5. The van der Waals surface area contributed by atoms with Crippen LogP contribution in [0.2, 0.25) is 0 Å². The number of carbonyl (C=O) groups excluding carboxylic acids is 1. The summed E-state index contributed by atoms with van der Waals surface area (Å²) in [5, 5.41) is 21.0. The Labute approximate surface area is 145 Å². The van der Waals surface area contributed by atoms with Crippen molar-refractivity contribution >= 4 is 5.78 Å². The molecular weight excluding hydrogens is 304 g/mol. The van der Waals surface area contributed by atoms with E-state index in [0.29, 0.717) is 18.8 Å². The first kappa shape index (κ1) is 18.1. The molecule has 3 aliphatic carbocycles. The summed E-state index contributed by atoms with van der Waals surface area (Å²) in [6, 6.07) is 0. The Morgan fingerprint density at radius 3 is 2.62 bits per heavy atom. The molecule has 0 heterocycles. The molecule has 2 unspecified atom stereocenters. The van der Waals surface area contributed by atoms with E-state index in [1.54, 1.807) is 7.11 Å². The molecule has 0 radical (unpaired) electrons. The molecule has 0 aliphatic heterocycles. The smallest absolute Gasteiger partial charge is 0.168 e. The third-order valence-corrected chi connectivity index (χ3v) is 6.86. The molecule has 3 rings (SSSR count). The second-order valence-electron chi connectivity index (χ2n) is 7.96. The lowest BCUT2D eigenvalue weighted by atomic mass is 9.49. The van der Waals surface area contributed by atoms with Gasteiger partial charge in [0.25, 0.3) is 0 Å². The molecule has 0 spiro atoms. The zero-order valence-corrected chi connectivity index (χ0v) is 15.0. The van der Waals surface area contributed by atoms with Crippen molar-refractivity contribution in [2.45, 2.75) is 76.1 Å². The summed E-state index contributed by atoms with van der Waals surface area (Å²) in [6.45, 7) is 2.03. The van der Waals surface area contributed by atoms with Gasteiger partial charge < -0.3 is 14.9 Å². The van der Waals surface area contributed by atoms with Gasteiger partial charge in [0.15, 0.2) is 5.78 Å². The molecule has 2 N–H and O–H groups in total. The second kappa shape index (κ2) is 7.27. The predicted octanol–water partition coefficient (Wildman–Crippen LogP) is 2.87. The van der Waals surface area contributed by atoms with Crippen molar-refractivity contribution in [2.75, 3.05) is 7.11 Å². The second-order valence-corrected chi connectivity index (χ2v) is 7.96. The van der Waals surface area contributed by atoms with Crippen LogP contribution >= 0.6 is 0 Å². The Morgan fingerprint density at radius 2 is 2.00 bits per heavy atom. The zero-order chi connectivity index (χ0) is 17.3. The number of hydrogen-bond acceptors (Lipinski definition) is 4. The quantitative estimate of drug-likeness (QED) is 0.758. The largest absolute Gasteiger partial charge is 0.393 e. The number of rotatable bonds is 5. The number of ether oxygens (including phenoxy) is 1. The van der Waals surface area contributed by atoms with E-state index in [0.717, 1.165) is 19.3 Å². The molecule has 4 nitrogen and oxygen atoms in total. The average molecular weight is 336 g/mol. The number of carbonyl (C=O) groups is 1. The summed E-state index contributed by atoms with van der Waals surface area (Å²) in [5.41, 5.74) is -0.704. The van der Waals surface area contributed by atoms with Crippen molar-refractivity contribution in [2.24, 2.45) is 23.7 Å². The van der Waals surface area contributed by atoms with Crippen molar-refractivity contribution in [3.63, 3.8) is 0 Å². The standard InChI is InChI=1S/C20H32O4/c1-3-14-18-15(9-10-16(21)13-7-5-4-6-8-13)17(22)11-12-20(18,24-2)19(14)23/h9-10,13-18,21-22H,3-8,11-12H2,1-2H3/b10-9+/t14?,15-,16+,17+,18+,20?/m0/s1. The Hall–Kier alpha value is -0.710. The summed E-state index contributed by atoms with van der Waals surface area (Å²) >= 11 is 0. The van der Waals surface area contributed by atoms with Gasteiger partial charge >= 0.3 is 0 Å². The van der Waals surface area contributed by atoms with Crippen molar-refractivity contribution in [1.29, 1.82) is 0 Å². The van der Waals surface area contributed by atoms with E-state index in [9.17, 15) is 15.0 Å². The molecule has 0 aromatic rings. The maximum absolute atomic E-state index is 12.5. The van der Waals surface area contributed by atoms with Crippen molar-refractivity contribution < 1.29 is 19.7 Å². The number of aliphatic hydroxyl groups excluding tert-OH is 2. The summed E-state index contributed by atoms with van der Waals surface area (Å²) in [4.78, 5) is 12.5. The van der Waals surface area contributed by atoms with Crippen molar-refractivity contribution in [1.82, 2.24) is 0 Å². The number of fused-ring (bicyclic) bond motifs is 1. The highest BCUT2D eigenvalue weighted by Gasteiger charge is 2.66. The number of hydrogen-bond donors (Lipinski definition) is 2. The lowest BCUT2D eigenvalue weighted by Gasteiger charge is -2.58. The van der Waals surface area contributed by atoms with Gasteiger partial charge in [-0.3, -0.25) is 4.79 Å². The predicted molar refractivity (Wildman–Crippen MR) is 92.5 cm³/mol. The van der Waals surface area contributed by atoms with Gasteiger partial charge in [-0.1, -0.05) is 38.3 Å². The lowest BCUT2D eigenvalue weighted by Crippen LogP contribution is -2.69. The van der Waals surface area contributed by atoms with Gasteiger partial charge in [-0.25, -0.2) is 0 Å². The third-order valence-electron chi connectivity index (χ3n) is 6.86. The summed E-state index contributed by atoms with van der Waals surface area (Å²) in [7, 11) is 1.62. The number of ketones is 1. The number of methoxy groups -OCH3 is 1. The van der Waals surface area contributed by atoms with Gasteiger partial charge in [-0.15, -0.1) is 0 Å². The maximum atomic E-state index is 12.5. The Morgan fingerprint density at radius 1 is 1.29 bits per heavy atom. The fraction of sp³-hybridized carbons (Fsp3) is 0.850. The molecule has 136 valence electrons. The van der Waals surface area contributed by atoms with Gasteiger partial charge in [0.05, 0.1) is 12.2 Å². The monoisotopic (exact) mass is 336 g/mol. The van der Waals surface area contributed by atoms with Crippen molar-refractivity contribution in [3.05, 3.63) is 12.2 Å². The van der Waals surface area contributed by atoms with E-state index in [4.69, 9.17) is 4.74 Å². The van der Waals surface area contributed by atoms with Crippen LogP contribution in [0.25, 0.3) is 0 Å². The molecule has 0 aromatic heterocycles. The summed E-state index contributed by atoms with van der Waals surface area (Å²) < 4.78 is 5.67. The van der Waals surface area contributed by atoms with E-state index >= 15 is 0 Å². The molecule has 3 fully saturated rings. The average Bonchev–Trinajstić information content (AvgIpc) is 2.62. The SMILES string of the molecule is CCC1C(=O)C2(OC)CC[C@@H](O)[C@H](/C=C/[C@@H](O)C3CCCCC3)[C@@H]12. The fourth-order valence-corrected chi connectivity index (χ4v) is 5.43. The van der Waals surface area contributed by atoms with Gasteiger partial charge in [0, 0.05) is 24.9 Å². The minimum atomic E-state index is -0.704. The molecule has 0 aromatic carbocycles. The van der Waals surface area contributed by atoms with Gasteiger partial charge in [-0.2, -0.15) is 0 Å². The zero-order valence-electron chi connectivity index (χ0n) is 15.0. The highest BCUT2D eigenvalue weighted by atomic mass is 16.5. The van der Waals surface area contributed by atoms with Crippen LogP contribution < -0.4 is 0 Å². The van der Waals surface area contributed by atoms with Crippen LogP contribution in [-0.4, -0.2) is 40.9 Å². The van der Waals surface area contributed by atoms with Crippen LogP contribution in [0.3, 0.4) is 0 Å². The van der Waals surface area contributed by atoms with Crippen LogP contribution in [0, 0.1) is 23.7 Å². The molecule has 0 bridgehead atoms. The Kier molecular flexibility index (Phi) is 5.48. The van der Waals surface area contributed by atoms with Crippen LogP contribution in [-0.2, 0) is 9.53 Å². The normalized spacial score (nSPS) is 41.9. The lowest BCUT2D eigenvalue weighted by molar-refractivity contribution is -0.208. The minimum Gasteiger partial charge on any atom is -0.393 e. The van der Waals surface area contributed by atoms with Crippen molar-refractivity contribution in [3.8, 4) is 0 Å². The van der Waals surface area contributed by atoms with E-state index in [2.05, 4.69) is 0 Å².